The van der Waals surface area contributed by atoms with Crippen LogP contribution in [0.1, 0.15) is 5.56 Å². The minimum absolute atomic E-state index is 0.231. The molecule has 0 aliphatic carbocycles. The van der Waals surface area contributed by atoms with Crippen LogP contribution in [-0.2, 0) is 7.05 Å². The highest BCUT2D eigenvalue weighted by Gasteiger charge is 2.09. The van der Waals surface area contributed by atoms with Crippen LogP contribution in [0.15, 0.2) is 42.6 Å². The van der Waals surface area contributed by atoms with Crippen LogP contribution in [0.2, 0.25) is 0 Å². The SMILES string of the molecule is Cc1ccc(-c2cc3cn(C)nc3cc2F)cc1. The molecule has 1 heterocycles. The summed E-state index contributed by atoms with van der Waals surface area (Å²) in [6.07, 6.45) is 1.90. The van der Waals surface area contributed by atoms with Crippen molar-refractivity contribution in [2.75, 3.05) is 0 Å². The molecule has 0 aliphatic rings. The monoisotopic (exact) mass is 240 g/mol. The molecule has 0 spiro atoms. The van der Waals surface area contributed by atoms with Crippen molar-refractivity contribution in [3.63, 3.8) is 0 Å². The molecule has 0 amide bonds. The Bertz CT molecular complexity index is 711. The molecule has 2 nitrogen and oxygen atoms in total. The van der Waals surface area contributed by atoms with Gasteiger partial charge in [-0.25, -0.2) is 4.39 Å². The van der Waals surface area contributed by atoms with Crippen LogP contribution >= 0.6 is 0 Å². The van der Waals surface area contributed by atoms with Crippen LogP contribution in [0, 0.1) is 12.7 Å². The first-order valence-electron chi connectivity index (χ1n) is 5.83. The standard InChI is InChI=1S/C15H13FN2/c1-10-3-5-11(6-4-10)13-7-12-9-18(2)17-15(12)8-14(13)16/h3-9H,1-2H3. The molecule has 0 atom stereocenters. The molecule has 0 fully saturated rings. The van der Waals surface area contributed by atoms with Crippen molar-refractivity contribution in [2.24, 2.45) is 7.05 Å². The predicted molar refractivity (Wildman–Crippen MR) is 70.8 cm³/mol. The third-order valence-electron chi connectivity index (χ3n) is 3.07. The van der Waals surface area contributed by atoms with Gasteiger partial charge in [0.05, 0.1) is 5.52 Å². The summed E-state index contributed by atoms with van der Waals surface area (Å²) in [5, 5.41) is 5.15. The van der Waals surface area contributed by atoms with Gasteiger partial charge in [-0.05, 0) is 18.6 Å². The molecule has 0 unspecified atom stereocenters. The Morgan fingerprint density at radius 1 is 1.11 bits per heavy atom. The van der Waals surface area contributed by atoms with Crippen molar-refractivity contribution in [1.29, 1.82) is 0 Å². The molecule has 0 N–H and O–H groups in total. The number of hydrogen-bond acceptors (Lipinski definition) is 1. The maximum absolute atomic E-state index is 14.1. The van der Waals surface area contributed by atoms with E-state index in [0.717, 1.165) is 10.9 Å². The molecule has 0 radical (unpaired) electrons. The van der Waals surface area contributed by atoms with Crippen molar-refractivity contribution in [2.45, 2.75) is 6.92 Å². The maximum Gasteiger partial charge on any atom is 0.133 e. The van der Waals surface area contributed by atoms with Crippen LogP contribution in [0.3, 0.4) is 0 Å². The second kappa shape index (κ2) is 3.95. The van der Waals surface area contributed by atoms with E-state index in [-0.39, 0.29) is 5.82 Å². The quantitative estimate of drug-likeness (QED) is 0.634. The summed E-state index contributed by atoms with van der Waals surface area (Å²) in [5.74, 6) is -0.231. The number of hydrogen-bond donors (Lipinski definition) is 0. The van der Waals surface area contributed by atoms with Gasteiger partial charge in [0.2, 0.25) is 0 Å². The molecule has 3 heteroatoms. The molecule has 0 aliphatic heterocycles. The van der Waals surface area contributed by atoms with Gasteiger partial charge in [-0.3, -0.25) is 4.68 Å². The zero-order valence-corrected chi connectivity index (χ0v) is 10.3. The smallest absolute Gasteiger partial charge is 0.133 e. The van der Waals surface area contributed by atoms with Gasteiger partial charge in [0, 0.05) is 30.3 Å². The highest BCUT2D eigenvalue weighted by molar-refractivity contribution is 5.84. The molecule has 0 saturated heterocycles. The number of aromatic nitrogens is 2. The Balaban J connectivity index is 2.21. The zero-order valence-electron chi connectivity index (χ0n) is 10.3. The summed E-state index contributed by atoms with van der Waals surface area (Å²) < 4.78 is 15.8. The van der Waals surface area contributed by atoms with Crippen LogP contribution < -0.4 is 0 Å². The molecular formula is C15H13FN2. The van der Waals surface area contributed by atoms with Gasteiger partial charge in [-0.2, -0.15) is 5.10 Å². The normalized spacial score (nSPS) is 11.1. The summed E-state index contributed by atoms with van der Waals surface area (Å²) in [7, 11) is 1.84. The average Bonchev–Trinajstić information content (AvgIpc) is 2.68. The van der Waals surface area contributed by atoms with Crippen LogP contribution in [-0.4, -0.2) is 9.78 Å². The van der Waals surface area contributed by atoms with Gasteiger partial charge in [0.15, 0.2) is 0 Å². The first kappa shape index (κ1) is 11.0. The highest BCUT2D eigenvalue weighted by atomic mass is 19.1. The molecule has 1 aromatic heterocycles. The number of benzene rings is 2. The molecule has 0 saturated carbocycles. The van der Waals surface area contributed by atoms with E-state index in [0.29, 0.717) is 11.1 Å². The lowest BCUT2D eigenvalue weighted by Gasteiger charge is -2.04. The second-order valence-electron chi connectivity index (χ2n) is 4.56. The summed E-state index contributed by atoms with van der Waals surface area (Å²) in [6, 6.07) is 11.2. The lowest BCUT2D eigenvalue weighted by Crippen LogP contribution is -1.86. The second-order valence-corrected chi connectivity index (χ2v) is 4.56. The van der Waals surface area contributed by atoms with Crippen molar-refractivity contribution in [3.05, 3.63) is 54.0 Å². The van der Waals surface area contributed by atoms with Crippen molar-refractivity contribution >= 4 is 10.9 Å². The lowest BCUT2D eigenvalue weighted by molar-refractivity contribution is 0.632. The molecule has 2 aromatic carbocycles. The Kier molecular flexibility index (Phi) is 2.40. The largest absolute Gasteiger partial charge is 0.275 e. The average molecular weight is 240 g/mol. The minimum Gasteiger partial charge on any atom is -0.275 e. The van der Waals surface area contributed by atoms with E-state index in [1.54, 1.807) is 4.68 Å². The number of fused-ring (bicyclic) bond motifs is 1. The van der Waals surface area contributed by atoms with E-state index in [1.807, 2.05) is 50.5 Å². The lowest BCUT2D eigenvalue weighted by atomic mass is 10.0. The number of halogens is 1. The van der Waals surface area contributed by atoms with Crippen LogP contribution in [0.5, 0.6) is 0 Å². The van der Waals surface area contributed by atoms with E-state index < -0.39 is 0 Å². The van der Waals surface area contributed by atoms with E-state index in [1.165, 1.54) is 11.6 Å². The number of rotatable bonds is 1. The predicted octanol–water partition coefficient (Wildman–Crippen LogP) is 3.69. The molecule has 18 heavy (non-hydrogen) atoms. The molecular weight excluding hydrogens is 227 g/mol. The third-order valence-corrected chi connectivity index (χ3v) is 3.07. The van der Waals surface area contributed by atoms with Crippen molar-refractivity contribution < 1.29 is 4.39 Å². The first-order chi connectivity index (χ1) is 8.63. The maximum atomic E-state index is 14.1. The van der Waals surface area contributed by atoms with E-state index in [2.05, 4.69) is 5.10 Å². The van der Waals surface area contributed by atoms with Gasteiger partial charge < -0.3 is 0 Å². The van der Waals surface area contributed by atoms with E-state index in [4.69, 9.17) is 0 Å². The van der Waals surface area contributed by atoms with Gasteiger partial charge in [-0.15, -0.1) is 0 Å². The highest BCUT2D eigenvalue weighted by Crippen LogP contribution is 2.27. The van der Waals surface area contributed by atoms with Gasteiger partial charge in [-0.1, -0.05) is 29.8 Å². The first-order valence-corrected chi connectivity index (χ1v) is 5.83. The Morgan fingerprint density at radius 2 is 1.83 bits per heavy atom. The van der Waals surface area contributed by atoms with Gasteiger partial charge in [0.1, 0.15) is 5.82 Å². The number of aryl methyl sites for hydroxylation is 2. The Labute approximate surface area is 105 Å². The van der Waals surface area contributed by atoms with E-state index in [9.17, 15) is 4.39 Å². The molecule has 3 aromatic rings. The Hall–Kier alpha value is -2.16. The topological polar surface area (TPSA) is 17.8 Å². The molecule has 0 bridgehead atoms. The van der Waals surface area contributed by atoms with Crippen LogP contribution in [0.4, 0.5) is 4.39 Å². The van der Waals surface area contributed by atoms with E-state index >= 15 is 0 Å². The minimum atomic E-state index is -0.231. The third kappa shape index (κ3) is 1.78. The van der Waals surface area contributed by atoms with Crippen molar-refractivity contribution in [3.8, 4) is 11.1 Å². The fourth-order valence-corrected chi connectivity index (χ4v) is 2.12. The molecule has 3 rings (SSSR count). The summed E-state index contributed by atoms with van der Waals surface area (Å²) >= 11 is 0. The fraction of sp³-hybridized carbons (Fsp3) is 0.133. The fourth-order valence-electron chi connectivity index (χ4n) is 2.12. The summed E-state index contributed by atoms with van der Waals surface area (Å²) in [6.45, 7) is 2.02. The van der Waals surface area contributed by atoms with Gasteiger partial charge >= 0.3 is 0 Å². The summed E-state index contributed by atoms with van der Waals surface area (Å²) in [5.41, 5.74) is 3.37. The number of nitrogens with zero attached hydrogens (tertiary/aromatic N) is 2. The van der Waals surface area contributed by atoms with Crippen molar-refractivity contribution in [1.82, 2.24) is 9.78 Å². The van der Waals surface area contributed by atoms with Gasteiger partial charge in [0.25, 0.3) is 0 Å². The zero-order chi connectivity index (χ0) is 12.7. The molecule has 90 valence electrons. The summed E-state index contributed by atoms with van der Waals surface area (Å²) in [4.78, 5) is 0. The Morgan fingerprint density at radius 3 is 2.56 bits per heavy atom. The van der Waals surface area contributed by atoms with Crippen LogP contribution in [0.25, 0.3) is 22.0 Å².